The molecule has 3 rings (SSSR count). The van der Waals surface area contributed by atoms with E-state index in [9.17, 15) is 18.4 Å². The zero-order chi connectivity index (χ0) is 22.9. The average Bonchev–Trinajstić information content (AvgIpc) is 2.67. The molecule has 2 aromatic rings. The van der Waals surface area contributed by atoms with Crippen molar-refractivity contribution in [3.8, 4) is 5.75 Å². The van der Waals surface area contributed by atoms with Gasteiger partial charge in [0.25, 0.3) is 0 Å². The van der Waals surface area contributed by atoms with E-state index in [0.717, 1.165) is 0 Å². The number of carbonyl (C=O) groups is 1. The number of aliphatic imine (C=N–C) groups is 1. The maximum Gasteiger partial charge on any atom is 0.387 e. The monoisotopic (exact) mass is 433 g/mol. The molecule has 2 N–H and O–H groups in total. The first kappa shape index (κ1) is 22.5. The fraction of sp³-hybridized carbons (Fsp3) is 0.409. The Bertz CT molecular complexity index is 1090. The molecular formula is C22H25F2N3O4. The van der Waals surface area contributed by atoms with E-state index in [1.807, 2.05) is 25.3 Å². The van der Waals surface area contributed by atoms with E-state index in [-0.39, 0.29) is 35.1 Å². The largest absolute Gasteiger partial charge is 0.462 e. The highest BCUT2D eigenvalue weighted by atomic mass is 19.3. The van der Waals surface area contributed by atoms with E-state index in [1.165, 1.54) is 24.4 Å². The van der Waals surface area contributed by atoms with Crippen LogP contribution in [0, 0.1) is 5.41 Å². The third-order valence-corrected chi connectivity index (χ3v) is 5.11. The molecule has 1 aliphatic rings. The summed E-state index contributed by atoms with van der Waals surface area (Å²) in [7, 11) is 0. The number of para-hydroxylation sites is 1. The molecular weight excluding hydrogens is 408 g/mol. The number of esters is 1. The minimum Gasteiger partial charge on any atom is -0.462 e. The molecule has 0 saturated heterocycles. The Balaban J connectivity index is 2.20. The molecule has 0 aliphatic carbocycles. The number of rotatable bonds is 5. The number of hydrogen-bond acceptors (Lipinski definition) is 6. The third kappa shape index (κ3) is 4.45. The van der Waals surface area contributed by atoms with Gasteiger partial charge < -0.3 is 19.8 Å². The second-order valence-corrected chi connectivity index (χ2v) is 8.23. The van der Waals surface area contributed by atoms with Gasteiger partial charge in [0, 0.05) is 17.8 Å². The standard InChI is InChI=1S/C22H25F2N3O4/c1-5-30-20(29)13-11-27-14(9-15(13)28)19(26-10-17(27)22(2,3)4)12-7-6-8-16(18(12)25)31-21(23)24/h6-9,11,17,21H,5,10,25H2,1-4H3. The molecule has 2 heterocycles. The summed E-state index contributed by atoms with van der Waals surface area (Å²) < 4.78 is 36.8. The molecule has 7 nitrogen and oxygen atoms in total. The summed E-state index contributed by atoms with van der Waals surface area (Å²) in [5, 5.41) is 0. The van der Waals surface area contributed by atoms with Gasteiger partial charge in [-0.2, -0.15) is 8.78 Å². The molecule has 31 heavy (non-hydrogen) atoms. The lowest BCUT2D eigenvalue weighted by Crippen LogP contribution is -2.36. The molecule has 1 atom stereocenters. The van der Waals surface area contributed by atoms with E-state index in [2.05, 4.69) is 9.73 Å². The van der Waals surface area contributed by atoms with Crippen molar-refractivity contribution in [2.45, 2.75) is 40.3 Å². The van der Waals surface area contributed by atoms with Crippen molar-refractivity contribution >= 4 is 17.4 Å². The first-order chi connectivity index (χ1) is 14.5. The summed E-state index contributed by atoms with van der Waals surface area (Å²) in [5.41, 5.74) is 6.39. The summed E-state index contributed by atoms with van der Waals surface area (Å²) in [4.78, 5) is 29.6. The van der Waals surface area contributed by atoms with Gasteiger partial charge in [0.15, 0.2) is 5.43 Å². The summed E-state index contributed by atoms with van der Waals surface area (Å²) in [5.74, 6) is -0.878. The molecule has 166 valence electrons. The second-order valence-electron chi connectivity index (χ2n) is 8.23. The number of ether oxygens (including phenoxy) is 2. The summed E-state index contributed by atoms with van der Waals surface area (Å²) in [6.07, 6.45) is 1.48. The minimum absolute atomic E-state index is 0.00998. The average molecular weight is 433 g/mol. The molecule has 0 amide bonds. The molecule has 0 spiro atoms. The fourth-order valence-electron chi connectivity index (χ4n) is 3.57. The van der Waals surface area contributed by atoms with Crippen molar-refractivity contribution < 1.29 is 23.0 Å². The quantitative estimate of drug-likeness (QED) is 0.574. The number of nitrogen functional groups attached to an aromatic ring is 1. The van der Waals surface area contributed by atoms with Crippen LogP contribution in [-0.4, -0.2) is 36.0 Å². The topological polar surface area (TPSA) is 95.9 Å². The lowest BCUT2D eigenvalue weighted by atomic mass is 9.84. The Morgan fingerprint density at radius 2 is 2.06 bits per heavy atom. The van der Waals surface area contributed by atoms with E-state index >= 15 is 0 Å². The van der Waals surface area contributed by atoms with Gasteiger partial charge in [0.1, 0.15) is 11.3 Å². The lowest BCUT2D eigenvalue weighted by Gasteiger charge is -2.37. The molecule has 9 heteroatoms. The van der Waals surface area contributed by atoms with Crippen molar-refractivity contribution in [1.82, 2.24) is 4.57 Å². The van der Waals surface area contributed by atoms with Crippen molar-refractivity contribution in [3.05, 3.63) is 57.5 Å². The number of hydrogen-bond donors (Lipinski definition) is 1. The lowest BCUT2D eigenvalue weighted by molar-refractivity contribution is -0.0493. The van der Waals surface area contributed by atoms with E-state index < -0.39 is 18.0 Å². The summed E-state index contributed by atoms with van der Waals surface area (Å²) in [6.45, 7) is 5.19. The summed E-state index contributed by atoms with van der Waals surface area (Å²) >= 11 is 0. The van der Waals surface area contributed by atoms with Crippen LogP contribution in [0.4, 0.5) is 14.5 Å². The number of aromatic nitrogens is 1. The molecule has 1 unspecified atom stereocenters. The Morgan fingerprint density at radius 1 is 1.35 bits per heavy atom. The number of halogens is 2. The predicted molar refractivity (Wildman–Crippen MR) is 113 cm³/mol. The molecule has 0 saturated carbocycles. The van der Waals surface area contributed by atoms with E-state index in [1.54, 1.807) is 13.0 Å². The number of pyridine rings is 1. The van der Waals surface area contributed by atoms with Gasteiger partial charge in [0.05, 0.1) is 36.3 Å². The van der Waals surface area contributed by atoms with E-state index in [0.29, 0.717) is 23.5 Å². The van der Waals surface area contributed by atoms with Crippen molar-refractivity contribution in [2.75, 3.05) is 18.9 Å². The number of fused-ring (bicyclic) bond motifs is 1. The molecule has 1 aliphatic heterocycles. The third-order valence-electron chi connectivity index (χ3n) is 5.11. The van der Waals surface area contributed by atoms with Crippen LogP contribution in [0.3, 0.4) is 0 Å². The maximum atomic E-state index is 12.7. The Labute approximate surface area is 178 Å². The van der Waals surface area contributed by atoms with Gasteiger partial charge in [-0.1, -0.05) is 32.9 Å². The van der Waals surface area contributed by atoms with Crippen molar-refractivity contribution in [2.24, 2.45) is 10.4 Å². The van der Waals surface area contributed by atoms with Crippen LogP contribution >= 0.6 is 0 Å². The first-order valence-electron chi connectivity index (χ1n) is 9.86. The van der Waals surface area contributed by atoms with Crippen molar-refractivity contribution in [3.63, 3.8) is 0 Å². The van der Waals surface area contributed by atoms with Gasteiger partial charge >= 0.3 is 12.6 Å². The highest BCUT2D eigenvalue weighted by Crippen LogP contribution is 2.37. The van der Waals surface area contributed by atoms with Gasteiger partial charge in [0.2, 0.25) is 0 Å². The van der Waals surface area contributed by atoms with Crippen LogP contribution in [0.25, 0.3) is 0 Å². The highest BCUT2D eigenvalue weighted by Gasteiger charge is 2.33. The molecule has 1 aromatic carbocycles. The first-order valence-corrected chi connectivity index (χ1v) is 9.86. The van der Waals surface area contributed by atoms with Crippen LogP contribution in [0.5, 0.6) is 5.75 Å². The van der Waals surface area contributed by atoms with Crippen LogP contribution in [0.2, 0.25) is 0 Å². The van der Waals surface area contributed by atoms with Crippen LogP contribution in [-0.2, 0) is 4.74 Å². The van der Waals surface area contributed by atoms with Gasteiger partial charge in [-0.05, 0) is 18.4 Å². The Kier molecular flexibility index (Phi) is 6.15. The zero-order valence-corrected chi connectivity index (χ0v) is 17.8. The summed E-state index contributed by atoms with van der Waals surface area (Å²) in [6, 6.07) is 5.63. The second kappa shape index (κ2) is 8.49. The molecule has 1 aromatic heterocycles. The van der Waals surface area contributed by atoms with Crippen molar-refractivity contribution in [1.29, 1.82) is 0 Å². The number of nitrogens with two attached hydrogens (primary N) is 1. The molecule has 0 radical (unpaired) electrons. The Hall–Kier alpha value is -3.23. The number of alkyl halides is 2. The maximum absolute atomic E-state index is 12.7. The van der Waals surface area contributed by atoms with Gasteiger partial charge in [-0.15, -0.1) is 0 Å². The number of anilines is 1. The molecule has 0 fully saturated rings. The minimum atomic E-state index is -3.03. The van der Waals surface area contributed by atoms with Gasteiger partial charge in [-0.3, -0.25) is 9.79 Å². The zero-order valence-electron chi connectivity index (χ0n) is 17.8. The Morgan fingerprint density at radius 3 is 2.68 bits per heavy atom. The van der Waals surface area contributed by atoms with E-state index in [4.69, 9.17) is 10.5 Å². The normalized spacial score (nSPS) is 16.0. The number of benzene rings is 1. The van der Waals surface area contributed by atoms with Crippen LogP contribution in [0.15, 0.2) is 40.2 Å². The predicted octanol–water partition coefficient (Wildman–Crippen LogP) is 3.65. The van der Waals surface area contributed by atoms with Gasteiger partial charge in [-0.25, -0.2) is 4.79 Å². The SMILES string of the molecule is CCOC(=O)c1cn2c(cc1=O)C(c1cccc(OC(F)F)c1N)=NCC2C(C)(C)C. The number of carbonyl (C=O) groups excluding carboxylic acids is 1. The van der Waals surface area contributed by atoms with Crippen LogP contribution < -0.4 is 15.9 Å². The highest BCUT2D eigenvalue weighted by molar-refractivity contribution is 6.16. The fourth-order valence-corrected chi connectivity index (χ4v) is 3.57. The van der Waals surface area contributed by atoms with Crippen LogP contribution in [0.1, 0.15) is 55.4 Å². The number of nitrogens with zero attached hydrogens (tertiary/aromatic N) is 2. The smallest absolute Gasteiger partial charge is 0.387 e. The molecule has 0 bridgehead atoms.